The van der Waals surface area contributed by atoms with Gasteiger partial charge in [0.25, 0.3) is 0 Å². The second-order valence-corrected chi connectivity index (χ2v) is 12.1. The number of hydrogen-bond donors (Lipinski definition) is 3. The molecule has 1 aliphatic heterocycles. The summed E-state index contributed by atoms with van der Waals surface area (Å²) in [6.45, 7) is 6.73. The van der Waals surface area contributed by atoms with Crippen molar-refractivity contribution >= 4 is 51.1 Å². The van der Waals surface area contributed by atoms with Gasteiger partial charge in [0.1, 0.15) is 17.8 Å². The molecule has 212 valence electrons. The van der Waals surface area contributed by atoms with Crippen molar-refractivity contribution in [1.29, 1.82) is 0 Å². The number of benzene rings is 2. The summed E-state index contributed by atoms with van der Waals surface area (Å²) >= 11 is 6.22. The maximum Gasteiger partial charge on any atom is 0.205 e. The average molecular weight is 570 g/mol. The molecule has 0 spiro atoms. The van der Waals surface area contributed by atoms with Gasteiger partial charge in [0.05, 0.1) is 16.4 Å². The third-order valence-corrected chi connectivity index (χ3v) is 9.18. The second-order valence-electron chi connectivity index (χ2n) is 11.6. The molecule has 2 aromatic carbocycles. The van der Waals surface area contributed by atoms with E-state index in [0.29, 0.717) is 28.9 Å². The molecule has 1 saturated heterocycles. The Morgan fingerprint density at radius 2 is 1.71 bits per heavy atom. The van der Waals surface area contributed by atoms with Gasteiger partial charge in [0.15, 0.2) is 0 Å². The smallest absolute Gasteiger partial charge is 0.205 e. The average Bonchev–Trinajstić information content (AvgIpc) is 3.56. The number of hydrogen-bond acceptors (Lipinski definition) is 7. The molecule has 4 N–H and O–H groups in total. The Morgan fingerprint density at radius 1 is 0.976 bits per heavy atom. The lowest BCUT2D eigenvalue weighted by Crippen LogP contribution is -2.49. The minimum atomic E-state index is 0.412. The second kappa shape index (κ2) is 10.6. The summed E-state index contributed by atoms with van der Waals surface area (Å²) in [6, 6.07) is 13.3. The first-order valence-electron chi connectivity index (χ1n) is 14.5. The molecule has 1 saturated carbocycles. The Labute approximate surface area is 244 Å². The fraction of sp³-hybridized carbons (Fsp3) is 0.387. The first-order chi connectivity index (χ1) is 19.9. The fourth-order valence-electron chi connectivity index (χ4n) is 6.67. The van der Waals surface area contributed by atoms with E-state index in [-0.39, 0.29) is 0 Å². The van der Waals surface area contributed by atoms with Gasteiger partial charge in [-0.05, 0) is 75.0 Å². The predicted molar refractivity (Wildman–Crippen MR) is 167 cm³/mol. The Hall–Kier alpha value is -3.66. The Kier molecular flexibility index (Phi) is 6.81. The number of piperazine rings is 1. The number of nitrogens with zero attached hydrogens (tertiary/aromatic N) is 6. The minimum Gasteiger partial charge on any atom is -0.383 e. The van der Waals surface area contributed by atoms with Gasteiger partial charge in [0, 0.05) is 60.7 Å². The molecule has 4 heterocycles. The van der Waals surface area contributed by atoms with E-state index in [1.54, 1.807) is 6.33 Å². The van der Waals surface area contributed by atoms with Crippen LogP contribution < -0.4 is 11.1 Å². The molecule has 1 aliphatic carbocycles. The molecule has 7 rings (SSSR count). The van der Waals surface area contributed by atoms with Gasteiger partial charge >= 0.3 is 0 Å². The minimum absolute atomic E-state index is 0.412. The van der Waals surface area contributed by atoms with E-state index in [0.717, 1.165) is 57.3 Å². The fourth-order valence-corrected chi connectivity index (χ4v) is 6.93. The summed E-state index contributed by atoms with van der Waals surface area (Å²) in [5, 5.41) is 5.00. The molecule has 0 bridgehead atoms. The van der Waals surface area contributed by atoms with Crippen LogP contribution in [0.3, 0.4) is 0 Å². The lowest BCUT2D eigenvalue weighted by Gasteiger charge is -2.41. The zero-order chi connectivity index (χ0) is 28.1. The summed E-state index contributed by atoms with van der Waals surface area (Å²) < 4.78 is 2.36. The largest absolute Gasteiger partial charge is 0.383 e. The zero-order valence-corrected chi connectivity index (χ0v) is 24.3. The number of nitrogen functional groups attached to an aromatic ring is 1. The number of nitrogens with two attached hydrogens (primary N) is 1. The monoisotopic (exact) mass is 569 g/mol. The van der Waals surface area contributed by atoms with E-state index in [9.17, 15) is 0 Å². The van der Waals surface area contributed by atoms with Crippen LogP contribution in [-0.2, 0) is 0 Å². The van der Waals surface area contributed by atoms with E-state index in [2.05, 4.69) is 72.1 Å². The number of aromatic amines is 1. The Morgan fingerprint density at radius 3 is 2.46 bits per heavy atom. The highest BCUT2D eigenvalue weighted by molar-refractivity contribution is 6.31. The topological polar surface area (TPSA) is 104 Å². The molecule has 3 aromatic heterocycles. The van der Waals surface area contributed by atoms with Crippen molar-refractivity contribution in [2.75, 3.05) is 44.3 Å². The lowest BCUT2D eigenvalue weighted by molar-refractivity contribution is 0.0828. The Bertz CT molecular complexity index is 1690. The molecule has 9 nitrogen and oxygen atoms in total. The highest BCUT2D eigenvalue weighted by Crippen LogP contribution is 2.39. The van der Waals surface area contributed by atoms with Crippen LogP contribution in [-0.4, -0.2) is 73.6 Å². The van der Waals surface area contributed by atoms with Crippen molar-refractivity contribution in [2.24, 2.45) is 0 Å². The van der Waals surface area contributed by atoms with Gasteiger partial charge < -0.3 is 25.5 Å². The van der Waals surface area contributed by atoms with Crippen LogP contribution in [0.15, 0.2) is 48.9 Å². The number of aromatic nitrogens is 5. The number of fused-ring (bicyclic) bond motifs is 2. The van der Waals surface area contributed by atoms with Crippen molar-refractivity contribution < 1.29 is 0 Å². The first-order valence-corrected chi connectivity index (χ1v) is 14.9. The number of H-pyrrole nitrogens is 1. The van der Waals surface area contributed by atoms with Crippen LogP contribution >= 0.6 is 11.6 Å². The van der Waals surface area contributed by atoms with E-state index in [1.165, 1.54) is 39.0 Å². The maximum absolute atomic E-state index is 6.45. The summed E-state index contributed by atoms with van der Waals surface area (Å²) in [6.07, 6.45) is 8.56. The number of nitrogens with one attached hydrogen (secondary N) is 2. The van der Waals surface area contributed by atoms with Crippen molar-refractivity contribution in [3.05, 3.63) is 59.5 Å². The summed E-state index contributed by atoms with van der Waals surface area (Å²) in [5.41, 5.74) is 13.4. The molecule has 5 aromatic rings. The van der Waals surface area contributed by atoms with Crippen molar-refractivity contribution in [2.45, 2.75) is 44.7 Å². The zero-order valence-electron chi connectivity index (χ0n) is 23.6. The predicted octanol–water partition coefficient (Wildman–Crippen LogP) is 5.99. The van der Waals surface area contributed by atoms with Gasteiger partial charge in [-0.3, -0.25) is 4.90 Å². The molecule has 0 unspecified atom stereocenters. The summed E-state index contributed by atoms with van der Waals surface area (Å²) in [4.78, 5) is 22.2. The van der Waals surface area contributed by atoms with E-state index in [4.69, 9.17) is 22.3 Å². The van der Waals surface area contributed by atoms with Gasteiger partial charge in [-0.15, -0.1) is 0 Å². The highest BCUT2D eigenvalue weighted by atomic mass is 35.5. The lowest BCUT2D eigenvalue weighted by atomic mass is 9.89. The number of halogens is 1. The van der Waals surface area contributed by atoms with E-state index >= 15 is 0 Å². The standard InChI is InChI=1S/C31H36ClN9/c1-19-15-21(32)16-26-28(19)38-31(37-26)36-22-5-3-20(4-6-22)25-17-41(30-27(25)29(33)34-18-35-30)24-9-7-23(8-10-24)40-13-11-39(2)12-14-40/h3-6,15-18,23-24H,7-14H2,1-2H3,(H2,33,34,35)(H2,36,37,38)/t23-,24-. The SMILES string of the molecule is Cc1cc(Cl)cc2nc(Nc3ccc(-c4cn([C@H]5CC[C@H](N6CCN(C)CC6)CC5)c5ncnc(N)c45)cc3)[nH]c12. The molecule has 0 amide bonds. The van der Waals surface area contributed by atoms with Crippen LogP contribution in [0.1, 0.15) is 37.3 Å². The number of likely N-dealkylation sites (N-methyl/N-ethyl adjacent to an activating group) is 1. The number of aryl methyl sites for hydroxylation is 1. The van der Waals surface area contributed by atoms with E-state index < -0.39 is 0 Å². The molecule has 0 radical (unpaired) electrons. The third kappa shape index (κ3) is 5.03. The van der Waals surface area contributed by atoms with Crippen LogP contribution in [0.2, 0.25) is 5.02 Å². The van der Waals surface area contributed by atoms with Gasteiger partial charge in [-0.2, -0.15) is 0 Å². The quantitative estimate of drug-likeness (QED) is 0.239. The van der Waals surface area contributed by atoms with E-state index in [1.807, 2.05) is 19.1 Å². The number of anilines is 3. The first kappa shape index (κ1) is 26.3. The number of imidazole rings is 1. The van der Waals surface area contributed by atoms with Crippen LogP contribution in [0.4, 0.5) is 17.5 Å². The van der Waals surface area contributed by atoms with Crippen molar-refractivity contribution in [1.82, 2.24) is 34.3 Å². The number of rotatable bonds is 5. The molecule has 10 heteroatoms. The van der Waals surface area contributed by atoms with Crippen LogP contribution in [0.25, 0.3) is 33.2 Å². The molecule has 0 atom stereocenters. The molecule has 2 aliphatic rings. The molecule has 2 fully saturated rings. The Balaban J connectivity index is 1.12. The molecular weight excluding hydrogens is 534 g/mol. The highest BCUT2D eigenvalue weighted by Gasteiger charge is 2.30. The van der Waals surface area contributed by atoms with Crippen LogP contribution in [0.5, 0.6) is 0 Å². The van der Waals surface area contributed by atoms with Gasteiger partial charge in [-0.25, -0.2) is 15.0 Å². The van der Waals surface area contributed by atoms with Crippen LogP contribution in [0, 0.1) is 6.92 Å². The summed E-state index contributed by atoms with van der Waals surface area (Å²) in [5.74, 6) is 1.20. The molecular formula is C31H36ClN9. The van der Waals surface area contributed by atoms with Gasteiger partial charge in [0.2, 0.25) is 5.95 Å². The van der Waals surface area contributed by atoms with Gasteiger partial charge in [-0.1, -0.05) is 23.7 Å². The molecule has 41 heavy (non-hydrogen) atoms. The maximum atomic E-state index is 6.45. The van der Waals surface area contributed by atoms with Crippen molar-refractivity contribution in [3.63, 3.8) is 0 Å². The van der Waals surface area contributed by atoms with Crippen molar-refractivity contribution in [3.8, 4) is 11.1 Å². The summed E-state index contributed by atoms with van der Waals surface area (Å²) in [7, 11) is 2.22. The third-order valence-electron chi connectivity index (χ3n) is 8.97. The normalized spacial score (nSPS) is 20.7.